The van der Waals surface area contributed by atoms with Crippen molar-refractivity contribution in [2.45, 2.75) is 42.7 Å². The molecule has 2 fully saturated rings. The predicted molar refractivity (Wildman–Crippen MR) is 83.6 cm³/mol. The summed E-state index contributed by atoms with van der Waals surface area (Å²) in [6.45, 7) is 1.59. The molecule has 0 heterocycles. The van der Waals surface area contributed by atoms with Crippen LogP contribution in [0.15, 0.2) is 24.3 Å². The van der Waals surface area contributed by atoms with Gasteiger partial charge in [-0.05, 0) is 31.9 Å². The van der Waals surface area contributed by atoms with Gasteiger partial charge in [-0.3, -0.25) is 9.59 Å². The molecule has 0 radical (unpaired) electrons. The van der Waals surface area contributed by atoms with Crippen molar-refractivity contribution in [3.8, 4) is 0 Å². The van der Waals surface area contributed by atoms with Gasteiger partial charge >= 0.3 is 5.97 Å². The highest BCUT2D eigenvalue weighted by Gasteiger charge is 2.69. The average Bonchev–Trinajstić information content (AvgIpc) is 3.36. The van der Waals surface area contributed by atoms with Gasteiger partial charge in [0.15, 0.2) is 0 Å². The third-order valence-electron chi connectivity index (χ3n) is 4.27. The van der Waals surface area contributed by atoms with Crippen molar-refractivity contribution >= 4 is 35.1 Å². The molecule has 23 heavy (non-hydrogen) atoms. The lowest BCUT2D eigenvalue weighted by atomic mass is 10.1. The van der Waals surface area contributed by atoms with E-state index in [0.29, 0.717) is 5.56 Å². The second-order valence-corrected chi connectivity index (χ2v) is 7.82. The Morgan fingerprint density at radius 1 is 1.30 bits per heavy atom. The smallest absolute Gasteiger partial charge is 0.316 e. The van der Waals surface area contributed by atoms with Gasteiger partial charge in [0, 0.05) is 18.0 Å². The van der Waals surface area contributed by atoms with Crippen molar-refractivity contribution in [1.29, 1.82) is 0 Å². The van der Waals surface area contributed by atoms with E-state index < -0.39 is 33.5 Å². The zero-order chi connectivity index (χ0) is 16.8. The standard InChI is InChI=1S/C16H16Cl2FNO3/c1-15(8-16(15,17)18)14(22)23-12(13(21)20-11-6-7-11)9-2-4-10(19)5-3-9/h2-5,11-12H,6-8H2,1H3,(H,20,21)/t12-,15+/m1/s1. The molecule has 7 heteroatoms. The lowest BCUT2D eigenvalue weighted by Gasteiger charge is -2.20. The molecule has 2 atom stereocenters. The van der Waals surface area contributed by atoms with Crippen molar-refractivity contribution in [3.05, 3.63) is 35.6 Å². The molecular weight excluding hydrogens is 344 g/mol. The first kappa shape index (κ1) is 16.5. The summed E-state index contributed by atoms with van der Waals surface area (Å²) in [7, 11) is 0. The summed E-state index contributed by atoms with van der Waals surface area (Å²) in [5, 5.41) is 2.79. The molecule has 124 valence electrons. The number of ether oxygens (including phenoxy) is 1. The first-order valence-corrected chi connectivity index (χ1v) is 8.13. The molecule has 0 aromatic heterocycles. The average molecular weight is 360 g/mol. The number of hydrogen-bond donors (Lipinski definition) is 1. The summed E-state index contributed by atoms with van der Waals surface area (Å²) < 4.78 is 17.3. The maximum atomic E-state index is 13.1. The molecule has 0 bridgehead atoms. The van der Waals surface area contributed by atoms with E-state index in [1.807, 2.05) is 0 Å². The normalized spacial score (nSPS) is 26.3. The van der Waals surface area contributed by atoms with E-state index in [2.05, 4.69) is 5.32 Å². The second-order valence-electron chi connectivity index (χ2n) is 6.33. The number of hydrogen-bond acceptors (Lipinski definition) is 3. The van der Waals surface area contributed by atoms with Gasteiger partial charge in [0.2, 0.25) is 6.10 Å². The van der Waals surface area contributed by atoms with Gasteiger partial charge in [-0.25, -0.2) is 4.39 Å². The molecule has 2 saturated carbocycles. The molecule has 0 saturated heterocycles. The first-order chi connectivity index (χ1) is 10.7. The summed E-state index contributed by atoms with van der Waals surface area (Å²) >= 11 is 12.0. The minimum atomic E-state index is -1.18. The van der Waals surface area contributed by atoms with E-state index in [0.717, 1.165) is 12.8 Å². The fourth-order valence-electron chi connectivity index (χ4n) is 2.27. The van der Waals surface area contributed by atoms with Crippen LogP contribution in [0, 0.1) is 11.2 Å². The molecule has 4 nitrogen and oxygen atoms in total. The van der Waals surface area contributed by atoms with Crippen LogP contribution in [-0.4, -0.2) is 22.3 Å². The second kappa shape index (κ2) is 5.64. The lowest BCUT2D eigenvalue weighted by molar-refractivity contribution is -0.161. The number of carbonyl (C=O) groups is 2. The van der Waals surface area contributed by atoms with E-state index >= 15 is 0 Å². The highest BCUT2D eigenvalue weighted by molar-refractivity contribution is 6.53. The molecule has 0 aliphatic heterocycles. The molecule has 1 aromatic rings. The molecule has 0 spiro atoms. The number of alkyl halides is 2. The van der Waals surface area contributed by atoms with Crippen molar-refractivity contribution < 1.29 is 18.7 Å². The summed E-state index contributed by atoms with van der Waals surface area (Å²) in [5.41, 5.74) is -0.634. The SMILES string of the molecule is C[C@@]1(C(=O)O[C@@H](C(=O)NC2CC2)c2ccc(F)cc2)CC1(Cl)Cl. The number of carbonyl (C=O) groups excluding carboxylic acids is 2. The van der Waals surface area contributed by atoms with Crippen LogP contribution >= 0.6 is 23.2 Å². The monoisotopic (exact) mass is 359 g/mol. The van der Waals surface area contributed by atoms with Gasteiger partial charge in [0.25, 0.3) is 5.91 Å². The maximum Gasteiger partial charge on any atom is 0.316 e. The van der Waals surface area contributed by atoms with Crippen LogP contribution in [0.5, 0.6) is 0 Å². The van der Waals surface area contributed by atoms with Crippen LogP contribution in [-0.2, 0) is 14.3 Å². The number of nitrogens with one attached hydrogen (secondary N) is 1. The minimum absolute atomic E-state index is 0.112. The van der Waals surface area contributed by atoms with E-state index in [4.69, 9.17) is 27.9 Å². The highest BCUT2D eigenvalue weighted by Crippen LogP contribution is 2.64. The zero-order valence-electron chi connectivity index (χ0n) is 12.4. The fraction of sp³-hybridized carbons (Fsp3) is 0.500. The van der Waals surface area contributed by atoms with E-state index in [1.165, 1.54) is 24.3 Å². The van der Waals surface area contributed by atoms with Gasteiger partial charge in [-0.15, -0.1) is 23.2 Å². The summed E-state index contributed by atoms with van der Waals surface area (Å²) in [5.74, 6) is -1.50. The van der Waals surface area contributed by atoms with Crippen LogP contribution in [0.4, 0.5) is 4.39 Å². The van der Waals surface area contributed by atoms with Gasteiger partial charge < -0.3 is 10.1 Å². The van der Waals surface area contributed by atoms with Gasteiger partial charge in [-0.1, -0.05) is 12.1 Å². The van der Waals surface area contributed by atoms with Crippen LogP contribution in [0.2, 0.25) is 0 Å². The van der Waals surface area contributed by atoms with Crippen LogP contribution in [0.1, 0.15) is 37.9 Å². The number of halogens is 3. The third-order valence-corrected chi connectivity index (χ3v) is 5.37. The minimum Gasteiger partial charge on any atom is -0.447 e. The summed E-state index contributed by atoms with van der Waals surface area (Å²) in [4.78, 5) is 24.7. The summed E-state index contributed by atoms with van der Waals surface area (Å²) in [6.07, 6.45) is 0.924. The summed E-state index contributed by atoms with van der Waals surface area (Å²) in [6, 6.07) is 5.38. The molecule has 2 aliphatic rings. The van der Waals surface area contributed by atoms with E-state index in [1.54, 1.807) is 6.92 Å². The Morgan fingerprint density at radius 3 is 2.35 bits per heavy atom. The third kappa shape index (κ3) is 3.31. The topological polar surface area (TPSA) is 55.4 Å². The fourth-order valence-corrected chi connectivity index (χ4v) is 2.96. The van der Waals surface area contributed by atoms with E-state index in [9.17, 15) is 14.0 Å². The Hall–Kier alpha value is -1.33. The largest absolute Gasteiger partial charge is 0.447 e. The number of amides is 1. The van der Waals surface area contributed by atoms with Gasteiger partial charge in [-0.2, -0.15) is 0 Å². The molecule has 1 N–H and O–H groups in total. The maximum absolute atomic E-state index is 13.1. The molecule has 1 aromatic carbocycles. The van der Waals surface area contributed by atoms with Crippen LogP contribution in [0.25, 0.3) is 0 Å². The Balaban J connectivity index is 1.78. The van der Waals surface area contributed by atoms with Crippen molar-refractivity contribution in [1.82, 2.24) is 5.32 Å². The number of rotatable bonds is 5. The van der Waals surface area contributed by atoms with Crippen molar-refractivity contribution in [2.24, 2.45) is 5.41 Å². The molecule has 1 amide bonds. The van der Waals surface area contributed by atoms with Crippen molar-refractivity contribution in [3.63, 3.8) is 0 Å². The Kier molecular flexibility index (Phi) is 4.05. The van der Waals surface area contributed by atoms with Crippen molar-refractivity contribution in [2.75, 3.05) is 0 Å². The lowest BCUT2D eigenvalue weighted by Crippen LogP contribution is -2.35. The van der Waals surface area contributed by atoms with Gasteiger partial charge in [0.1, 0.15) is 15.6 Å². The quantitative estimate of drug-likeness (QED) is 0.648. The Morgan fingerprint density at radius 2 is 1.87 bits per heavy atom. The molecular formula is C16H16Cl2FNO3. The Bertz CT molecular complexity index is 645. The number of benzene rings is 1. The Labute approximate surface area is 143 Å². The zero-order valence-corrected chi connectivity index (χ0v) is 14.0. The molecule has 0 unspecified atom stereocenters. The van der Waals surface area contributed by atoms with Crippen LogP contribution in [0.3, 0.4) is 0 Å². The van der Waals surface area contributed by atoms with Gasteiger partial charge in [0.05, 0.1) is 0 Å². The molecule has 3 rings (SSSR count). The predicted octanol–water partition coefficient (Wildman–Crippen LogP) is 3.27. The first-order valence-electron chi connectivity index (χ1n) is 7.38. The molecule has 2 aliphatic carbocycles. The van der Waals surface area contributed by atoms with Crippen LogP contribution < -0.4 is 5.32 Å². The number of esters is 1. The highest BCUT2D eigenvalue weighted by atomic mass is 35.5. The van der Waals surface area contributed by atoms with E-state index in [-0.39, 0.29) is 12.5 Å².